The molecule has 0 aliphatic rings. The van der Waals surface area contributed by atoms with Gasteiger partial charge in [-0.3, -0.25) is 10.1 Å². The van der Waals surface area contributed by atoms with Gasteiger partial charge in [-0.1, -0.05) is 18.5 Å². The maximum absolute atomic E-state index is 12.3. The number of methoxy groups -OCH3 is 1. The van der Waals surface area contributed by atoms with E-state index in [1.165, 1.54) is 7.11 Å². The zero-order chi connectivity index (χ0) is 17.7. The Morgan fingerprint density at radius 2 is 2.04 bits per heavy atom. The largest absolute Gasteiger partial charge is 0.495 e. The number of halogens is 2. The first-order valence-corrected chi connectivity index (χ1v) is 9.05. The second kappa shape index (κ2) is 8.64. The molecule has 0 spiro atoms. The predicted molar refractivity (Wildman–Crippen MR) is 110 cm³/mol. The SMILES string of the molecule is CCc1cc(I)ccc1NC(=S)NC(=O)c1ccc(OC)c(Cl)c1. The van der Waals surface area contributed by atoms with E-state index in [2.05, 4.69) is 46.2 Å². The summed E-state index contributed by atoms with van der Waals surface area (Å²) in [5, 5.41) is 6.33. The summed E-state index contributed by atoms with van der Waals surface area (Å²) in [4.78, 5) is 12.3. The van der Waals surface area contributed by atoms with Crippen LogP contribution in [0.25, 0.3) is 0 Å². The molecule has 0 saturated carbocycles. The summed E-state index contributed by atoms with van der Waals surface area (Å²) in [6.45, 7) is 2.07. The Labute approximate surface area is 165 Å². The highest BCUT2D eigenvalue weighted by molar-refractivity contribution is 14.1. The highest BCUT2D eigenvalue weighted by Crippen LogP contribution is 2.25. The van der Waals surface area contributed by atoms with Crippen LogP contribution in [0.3, 0.4) is 0 Å². The number of benzene rings is 2. The van der Waals surface area contributed by atoms with Crippen molar-refractivity contribution in [1.29, 1.82) is 0 Å². The van der Waals surface area contributed by atoms with Crippen LogP contribution in [0.5, 0.6) is 5.75 Å². The van der Waals surface area contributed by atoms with Crippen LogP contribution in [-0.2, 0) is 6.42 Å². The van der Waals surface area contributed by atoms with E-state index in [1.807, 2.05) is 12.1 Å². The van der Waals surface area contributed by atoms with Crippen molar-refractivity contribution >= 4 is 63.1 Å². The Morgan fingerprint density at radius 1 is 1.29 bits per heavy atom. The number of thiocarbonyl (C=S) groups is 1. The van der Waals surface area contributed by atoms with Crippen LogP contribution in [0.4, 0.5) is 5.69 Å². The first-order chi connectivity index (χ1) is 11.4. The van der Waals surface area contributed by atoms with Crippen LogP contribution in [-0.4, -0.2) is 18.1 Å². The molecule has 0 radical (unpaired) electrons. The number of anilines is 1. The van der Waals surface area contributed by atoms with Crippen LogP contribution in [0.1, 0.15) is 22.8 Å². The quantitative estimate of drug-likeness (QED) is 0.501. The van der Waals surface area contributed by atoms with Crippen molar-refractivity contribution in [1.82, 2.24) is 5.32 Å². The number of aryl methyl sites for hydroxylation is 1. The molecule has 0 aromatic heterocycles. The second-order valence-corrected chi connectivity index (χ2v) is 6.97. The smallest absolute Gasteiger partial charge is 0.257 e. The Kier molecular flexibility index (Phi) is 6.82. The van der Waals surface area contributed by atoms with Gasteiger partial charge in [-0.05, 0) is 83.2 Å². The van der Waals surface area contributed by atoms with Crippen LogP contribution in [0.15, 0.2) is 36.4 Å². The summed E-state index contributed by atoms with van der Waals surface area (Å²) < 4.78 is 6.22. The fraction of sp³-hybridized carbons (Fsp3) is 0.176. The van der Waals surface area contributed by atoms with Crippen LogP contribution < -0.4 is 15.4 Å². The number of carbonyl (C=O) groups is 1. The molecule has 0 aliphatic carbocycles. The molecular weight excluding hydrogens is 459 g/mol. The summed E-state index contributed by atoms with van der Waals surface area (Å²) in [7, 11) is 1.52. The highest BCUT2D eigenvalue weighted by atomic mass is 127. The molecule has 0 bridgehead atoms. The Hall–Kier alpha value is -1.38. The summed E-state index contributed by atoms with van der Waals surface area (Å²) in [5.74, 6) is 0.181. The zero-order valence-electron chi connectivity index (χ0n) is 13.2. The van der Waals surface area contributed by atoms with E-state index in [0.29, 0.717) is 16.3 Å². The lowest BCUT2D eigenvalue weighted by molar-refractivity contribution is 0.0977. The van der Waals surface area contributed by atoms with E-state index >= 15 is 0 Å². The highest BCUT2D eigenvalue weighted by Gasteiger charge is 2.11. The van der Waals surface area contributed by atoms with Gasteiger partial charge < -0.3 is 10.1 Å². The Bertz CT molecular complexity index is 783. The Balaban J connectivity index is 2.07. The summed E-state index contributed by atoms with van der Waals surface area (Å²) in [6.07, 6.45) is 0.865. The minimum Gasteiger partial charge on any atom is -0.495 e. The van der Waals surface area contributed by atoms with Gasteiger partial charge in [-0.2, -0.15) is 0 Å². The van der Waals surface area contributed by atoms with Crippen molar-refractivity contribution in [2.45, 2.75) is 13.3 Å². The van der Waals surface area contributed by atoms with Crippen molar-refractivity contribution in [3.8, 4) is 5.75 Å². The van der Waals surface area contributed by atoms with Crippen LogP contribution in [0, 0.1) is 3.57 Å². The molecule has 0 fully saturated rings. The Morgan fingerprint density at radius 3 is 2.67 bits per heavy atom. The van der Waals surface area contributed by atoms with Crippen LogP contribution >= 0.6 is 46.4 Å². The van der Waals surface area contributed by atoms with Crippen molar-refractivity contribution in [2.75, 3.05) is 12.4 Å². The molecule has 2 aromatic rings. The number of carbonyl (C=O) groups excluding carboxylic acids is 1. The van der Waals surface area contributed by atoms with Crippen LogP contribution in [0.2, 0.25) is 5.02 Å². The third-order valence-corrected chi connectivity index (χ3v) is 4.51. The molecule has 0 aliphatic heterocycles. The van der Waals surface area contributed by atoms with Gasteiger partial charge in [0.05, 0.1) is 12.1 Å². The van der Waals surface area contributed by atoms with Gasteiger partial charge >= 0.3 is 0 Å². The standard InChI is InChI=1S/C17H16ClIN2O2S/c1-3-10-8-12(19)5-6-14(10)20-17(24)21-16(22)11-4-7-15(23-2)13(18)9-11/h4-9H,3H2,1-2H3,(H2,20,21,22,24). The van der Waals surface area contributed by atoms with Gasteiger partial charge in [-0.25, -0.2) is 0 Å². The lowest BCUT2D eigenvalue weighted by Crippen LogP contribution is -2.34. The fourth-order valence-electron chi connectivity index (χ4n) is 2.11. The fourth-order valence-corrected chi connectivity index (χ4v) is 3.13. The molecule has 0 unspecified atom stereocenters. The van der Waals surface area contributed by atoms with Crippen molar-refractivity contribution in [3.63, 3.8) is 0 Å². The average Bonchev–Trinajstić information content (AvgIpc) is 2.56. The normalized spacial score (nSPS) is 10.2. The summed E-state index contributed by atoms with van der Waals surface area (Å²) in [5.41, 5.74) is 2.42. The van der Waals surface area contributed by atoms with Gasteiger partial charge in [-0.15, -0.1) is 0 Å². The molecule has 2 N–H and O–H groups in total. The minimum absolute atomic E-state index is 0.239. The number of hydrogen-bond acceptors (Lipinski definition) is 3. The van der Waals surface area contributed by atoms with Gasteiger partial charge in [0.25, 0.3) is 5.91 Å². The maximum atomic E-state index is 12.3. The second-order valence-electron chi connectivity index (χ2n) is 4.91. The first kappa shape index (κ1) is 19.0. The molecular formula is C17H16ClIN2O2S. The van der Waals surface area contributed by atoms with Crippen molar-refractivity contribution in [2.24, 2.45) is 0 Å². The average molecular weight is 475 g/mol. The first-order valence-electron chi connectivity index (χ1n) is 7.19. The van der Waals surface area contributed by atoms with Gasteiger partial charge in [0.2, 0.25) is 0 Å². The molecule has 4 nitrogen and oxygen atoms in total. The van der Waals surface area contributed by atoms with E-state index in [9.17, 15) is 4.79 Å². The lowest BCUT2D eigenvalue weighted by atomic mass is 10.1. The zero-order valence-corrected chi connectivity index (χ0v) is 16.9. The molecule has 0 heterocycles. The van der Waals surface area contributed by atoms with Gasteiger partial charge in [0, 0.05) is 14.8 Å². The van der Waals surface area contributed by atoms with Gasteiger partial charge in [0.15, 0.2) is 5.11 Å². The molecule has 0 saturated heterocycles. The molecule has 0 atom stereocenters. The monoisotopic (exact) mass is 474 g/mol. The number of amides is 1. The van der Waals surface area contributed by atoms with E-state index in [1.54, 1.807) is 18.2 Å². The summed E-state index contributed by atoms with van der Waals surface area (Å²) in [6, 6.07) is 10.8. The van der Waals surface area contributed by atoms with E-state index in [0.717, 1.165) is 21.2 Å². The van der Waals surface area contributed by atoms with Crippen molar-refractivity contribution < 1.29 is 9.53 Å². The lowest BCUT2D eigenvalue weighted by Gasteiger charge is -2.13. The molecule has 7 heteroatoms. The maximum Gasteiger partial charge on any atom is 0.257 e. The number of hydrogen-bond donors (Lipinski definition) is 2. The molecule has 2 rings (SSSR count). The van der Waals surface area contributed by atoms with Crippen molar-refractivity contribution in [3.05, 3.63) is 56.1 Å². The van der Waals surface area contributed by atoms with E-state index < -0.39 is 0 Å². The summed E-state index contributed by atoms with van der Waals surface area (Å²) >= 11 is 13.5. The molecule has 2 aromatic carbocycles. The number of nitrogens with one attached hydrogen (secondary N) is 2. The van der Waals surface area contributed by atoms with Gasteiger partial charge in [0.1, 0.15) is 5.75 Å². The third kappa shape index (κ3) is 4.81. The minimum atomic E-state index is -0.333. The molecule has 24 heavy (non-hydrogen) atoms. The number of rotatable bonds is 4. The number of ether oxygens (including phenoxy) is 1. The molecule has 126 valence electrons. The third-order valence-electron chi connectivity index (χ3n) is 3.34. The van der Waals surface area contributed by atoms with E-state index in [4.69, 9.17) is 28.6 Å². The van der Waals surface area contributed by atoms with E-state index in [-0.39, 0.29) is 11.0 Å². The predicted octanol–water partition coefficient (Wildman–Crippen LogP) is 4.64. The molecule has 1 amide bonds. The topological polar surface area (TPSA) is 50.4 Å².